The van der Waals surface area contributed by atoms with Gasteiger partial charge in [0.05, 0.1) is 0 Å². The molecular weight excluding hydrogens is 218 g/mol. The molecule has 1 nitrogen and oxygen atoms in total. The molecule has 0 spiro atoms. The second kappa shape index (κ2) is 9.61. The van der Waals surface area contributed by atoms with Gasteiger partial charge in [-0.25, -0.2) is 0 Å². The maximum Gasteiger partial charge on any atom is 0.0125 e. The standard InChI is InChI=1S/C17H35N/c1-15(2)11-9-7-8-10-12-16(3)13-14-17(4,5)18-6/h15,18H,3,7-14H2,1-2,4-6H3. The van der Waals surface area contributed by atoms with Crippen molar-refractivity contribution in [2.24, 2.45) is 5.92 Å². The van der Waals surface area contributed by atoms with Crippen molar-refractivity contribution in [2.45, 2.75) is 84.6 Å². The van der Waals surface area contributed by atoms with Gasteiger partial charge in [-0.3, -0.25) is 0 Å². The summed E-state index contributed by atoms with van der Waals surface area (Å²) in [6, 6.07) is 0. The quantitative estimate of drug-likeness (QED) is 0.388. The van der Waals surface area contributed by atoms with E-state index in [1.54, 1.807) is 0 Å². The van der Waals surface area contributed by atoms with Crippen LogP contribution in [0.1, 0.15) is 79.1 Å². The van der Waals surface area contributed by atoms with Crippen LogP contribution in [-0.2, 0) is 0 Å². The van der Waals surface area contributed by atoms with Crippen LogP contribution in [0.25, 0.3) is 0 Å². The zero-order chi connectivity index (χ0) is 14.0. The van der Waals surface area contributed by atoms with E-state index in [1.165, 1.54) is 56.9 Å². The SMILES string of the molecule is C=C(CCCCCCC(C)C)CCC(C)(C)NC. The number of unbranched alkanes of at least 4 members (excludes halogenated alkanes) is 3. The van der Waals surface area contributed by atoms with Gasteiger partial charge in [0, 0.05) is 5.54 Å². The van der Waals surface area contributed by atoms with Gasteiger partial charge in [-0.05, 0) is 52.5 Å². The lowest BCUT2D eigenvalue weighted by Crippen LogP contribution is -2.35. The summed E-state index contributed by atoms with van der Waals surface area (Å²) in [7, 11) is 2.04. The molecule has 0 heterocycles. The first-order valence-corrected chi connectivity index (χ1v) is 7.73. The minimum Gasteiger partial charge on any atom is -0.315 e. The highest BCUT2D eigenvalue weighted by molar-refractivity contribution is 4.96. The molecule has 0 aliphatic rings. The normalized spacial score (nSPS) is 12.1. The molecule has 0 rings (SSSR count). The molecule has 0 amide bonds. The predicted molar refractivity (Wildman–Crippen MR) is 84.1 cm³/mol. The first-order valence-electron chi connectivity index (χ1n) is 7.73. The largest absolute Gasteiger partial charge is 0.315 e. The van der Waals surface area contributed by atoms with Crippen LogP contribution in [0.15, 0.2) is 12.2 Å². The van der Waals surface area contributed by atoms with Crippen LogP contribution in [0.2, 0.25) is 0 Å². The average molecular weight is 253 g/mol. The summed E-state index contributed by atoms with van der Waals surface area (Å²) in [5.41, 5.74) is 1.68. The summed E-state index contributed by atoms with van der Waals surface area (Å²) in [5.74, 6) is 0.865. The van der Waals surface area contributed by atoms with Crippen LogP contribution in [0.3, 0.4) is 0 Å². The van der Waals surface area contributed by atoms with Crippen molar-refractivity contribution >= 4 is 0 Å². The third kappa shape index (κ3) is 10.8. The third-order valence-corrected chi connectivity index (χ3v) is 3.84. The van der Waals surface area contributed by atoms with Gasteiger partial charge in [0.25, 0.3) is 0 Å². The van der Waals surface area contributed by atoms with Crippen molar-refractivity contribution in [1.29, 1.82) is 0 Å². The Morgan fingerprint density at radius 3 is 2.22 bits per heavy atom. The zero-order valence-electron chi connectivity index (χ0n) is 13.4. The van der Waals surface area contributed by atoms with E-state index < -0.39 is 0 Å². The van der Waals surface area contributed by atoms with E-state index in [0.29, 0.717) is 0 Å². The summed E-state index contributed by atoms with van der Waals surface area (Å²) in [5, 5.41) is 3.35. The molecule has 0 aliphatic carbocycles. The van der Waals surface area contributed by atoms with Crippen LogP contribution in [-0.4, -0.2) is 12.6 Å². The monoisotopic (exact) mass is 253 g/mol. The molecular formula is C17H35N. The van der Waals surface area contributed by atoms with Crippen molar-refractivity contribution in [2.75, 3.05) is 7.05 Å². The molecule has 0 fully saturated rings. The van der Waals surface area contributed by atoms with Crippen LogP contribution in [0, 0.1) is 5.92 Å². The van der Waals surface area contributed by atoms with Crippen LogP contribution in [0.4, 0.5) is 0 Å². The maximum absolute atomic E-state index is 4.21. The van der Waals surface area contributed by atoms with Crippen LogP contribution < -0.4 is 5.32 Å². The van der Waals surface area contributed by atoms with Crippen molar-refractivity contribution < 1.29 is 0 Å². The number of nitrogens with one attached hydrogen (secondary N) is 1. The Bertz CT molecular complexity index is 216. The Labute approximate surface area is 115 Å². The van der Waals surface area contributed by atoms with Crippen molar-refractivity contribution in [3.05, 3.63) is 12.2 Å². The molecule has 1 N–H and O–H groups in total. The van der Waals surface area contributed by atoms with Gasteiger partial charge in [0.1, 0.15) is 0 Å². The molecule has 108 valence electrons. The molecule has 0 aromatic rings. The highest BCUT2D eigenvalue weighted by Crippen LogP contribution is 2.19. The van der Waals surface area contributed by atoms with Gasteiger partial charge in [0.2, 0.25) is 0 Å². The Balaban J connectivity index is 3.43. The first kappa shape index (κ1) is 17.7. The second-order valence-electron chi connectivity index (χ2n) is 6.73. The second-order valence-corrected chi connectivity index (χ2v) is 6.73. The minimum atomic E-state index is 0.250. The molecule has 0 radical (unpaired) electrons. The molecule has 0 bridgehead atoms. The van der Waals surface area contributed by atoms with E-state index in [-0.39, 0.29) is 5.54 Å². The number of rotatable bonds is 11. The Kier molecular flexibility index (Phi) is 9.45. The van der Waals surface area contributed by atoms with Gasteiger partial charge < -0.3 is 5.32 Å². The molecule has 0 unspecified atom stereocenters. The highest BCUT2D eigenvalue weighted by Gasteiger charge is 2.14. The predicted octanol–water partition coefficient (Wildman–Crippen LogP) is 5.32. The van der Waals surface area contributed by atoms with Crippen molar-refractivity contribution in [3.8, 4) is 0 Å². The summed E-state index contributed by atoms with van der Waals surface area (Å²) in [6.45, 7) is 13.3. The maximum atomic E-state index is 4.21. The lowest BCUT2D eigenvalue weighted by molar-refractivity contribution is 0.391. The first-order chi connectivity index (χ1) is 8.37. The van der Waals surface area contributed by atoms with Gasteiger partial charge in [-0.15, -0.1) is 0 Å². The summed E-state index contributed by atoms with van der Waals surface area (Å²) < 4.78 is 0. The van der Waals surface area contributed by atoms with E-state index in [9.17, 15) is 0 Å². The van der Waals surface area contributed by atoms with Crippen molar-refractivity contribution in [3.63, 3.8) is 0 Å². The fraction of sp³-hybridized carbons (Fsp3) is 0.882. The summed E-state index contributed by atoms with van der Waals surface area (Å²) >= 11 is 0. The van der Waals surface area contributed by atoms with Crippen LogP contribution in [0.5, 0.6) is 0 Å². The number of hydrogen-bond donors (Lipinski definition) is 1. The van der Waals surface area contributed by atoms with Gasteiger partial charge in [0.15, 0.2) is 0 Å². The molecule has 0 atom stereocenters. The van der Waals surface area contributed by atoms with E-state index in [4.69, 9.17) is 0 Å². The number of allylic oxidation sites excluding steroid dienone is 1. The average Bonchev–Trinajstić information content (AvgIpc) is 2.31. The topological polar surface area (TPSA) is 12.0 Å². The summed E-state index contributed by atoms with van der Waals surface area (Å²) in [6.07, 6.45) is 10.5. The molecule has 0 aromatic carbocycles. The Morgan fingerprint density at radius 1 is 1.06 bits per heavy atom. The fourth-order valence-electron chi connectivity index (χ4n) is 2.02. The molecule has 0 saturated heterocycles. The third-order valence-electron chi connectivity index (χ3n) is 3.84. The van der Waals surface area contributed by atoms with Gasteiger partial charge >= 0.3 is 0 Å². The van der Waals surface area contributed by atoms with E-state index in [1.807, 2.05) is 7.05 Å². The Morgan fingerprint density at radius 2 is 1.67 bits per heavy atom. The molecule has 1 heteroatoms. The molecule has 0 aliphatic heterocycles. The van der Waals surface area contributed by atoms with Crippen LogP contribution >= 0.6 is 0 Å². The minimum absolute atomic E-state index is 0.250. The number of hydrogen-bond acceptors (Lipinski definition) is 1. The van der Waals surface area contributed by atoms with E-state index in [2.05, 4.69) is 39.6 Å². The fourth-order valence-corrected chi connectivity index (χ4v) is 2.02. The lowest BCUT2D eigenvalue weighted by Gasteiger charge is -2.24. The van der Waals surface area contributed by atoms with Gasteiger partial charge in [-0.2, -0.15) is 0 Å². The molecule has 18 heavy (non-hydrogen) atoms. The molecule has 0 aromatic heterocycles. The van der Waals surface area contributed by atoms with E-state index in [0.717, 1.165) is 5.92 Å². The lowest BCUT2D eigenvalue weighted by atomic mass is 9.94. The zero-order valence-corrected chi connectivity index (χ0v) is 13.4. The molecule has 0 saturated carbocycles. The Hall–Kier alpha value is -0.300. The van der Waals surface area contributed by atoms with E-state index >= 15 is 0 Å². The smallest absolute Gasteiger partial charge is 0.0125 e. The van der Waals surface area contributed by atoms with Gasteiger partial charge in [-0.1, -0.05) is 51.7 Å². The highest BCUT2D eigenvalue weighted by atomic mass is 14.9. The summed E-state index contributed by atoms with van der Waals surface area (Å²) in [4.78, 5) is 0. The van der Waals surface area contributed by atoms with Crippen molar-refractivity contribution in [1.82, 2.24) is 5.32 Å².